The van der Waals surface area contributed by atoms with E-state index in [0.29, 0.717) is 12.2 Å². The molecule has 0 amide bonds. The predicted octanol–water partition coefficient (Wildman–Crippen LogP) is 2.52. The summed E-state index contributed by atoms with van der Waals surface area (Å²) >= 11 is 0. The van der Waals surface area contributed by atoms with Crippen molar-refractivity contribution in [2.75, 3.05) is 0 Å². The first-order chi connectivity index (χ1) is 4.83. The van der Waals surface area contributed by atoms with Crippen LogP contribution in [0.3, 0.4) is 0 Å². The van der Waals surface area contributed by atoms with Gasteiger partial charge < -0.3 is 4.74 Å². The summed E-state index contributed by atoms with van der Waals surface area (Å²) in [7, 11) is 0. The highest BCUT2D eigenvalue weighted by Gasteiger charge is 2.15. The number of hydrogen-bond acceptors (Lipinski definition) is 1. The molecule has 0 radical (unpaired) electrons. The SMILES string of the molecule is C/C=C/C1CCCC(C)O1. The van der Waals surface area contributed by atoms with Gasteiger partial charge in [0.25, 0.3) is 0 Å². The van der Waals surface area contributed by atoms with Gasteiger partial charge in [0.2, 0.25) is 0 Å². The first kappa shape index (κ1) is 7.80. The molecule has 1 nitrogen and oxygen atoms in total. The third kappa shape index (κ3) is 2.14. The van der Waals surface area contributed by atoms with Crippen molar-refractivity contribution >= 4 is 0 Å². The Morgan fingerprint density at radius 3 is 2.80 bits per heavy atom. The molecule has 0 aromatic carbocycles. The summed E-state index contributed by atoms with van der Waals surface area (Å²) < 4.78 is 5.64. The van der Waals surface area contributed by atoms with Crippen LogP contribution in [-0.4, -0.2) is 12.2 Å². The highest BCUT2D eigenvalue weighted by atomic mass is 16.5. The number of allylic oxidation sites excluding steroid dienone is 1. The van der Waals surface area contributed by atoms with E-state index in [1.807, 2.05) is 6.92 Å². The number of rotatable bonds is 1. The topological polar surface area (TPSA) is 9.23 Å². The summed E-state index contributed by atoms with van der Waals surface area (Å²) in [5, 5.41) is 0. The van der Waals surface area contributed by atoms with E-state index >= 15 is 0 Å². The molecule has 0 N–H and O–H groups in total. The lowest BCUT2D eigenvalue weighted by Gasteiger charge is -2.25. The number of hydrogen-bond donors (Lipinski definition) is 0. The van der Waals surface area contributed by atoms with Crippen molar-refractivity contribution in [2.24, 2.45) is 0 Å². The molecule has 1 aliphatic rings. The summed E-state index contributed by atoms with van der Waals surface area (Å²) in [4.78, 5) is 0. The van der Waals surface area contributed by atoms with Crippen molar-refractivity contribution in [3.8, 4) is 0 Å². The highest BCUT2D eigenvalue weighted by molar-refractivity contribution is 4.88. The van der Waals surface area contributed by atoms with Gasteiger partial charge in [0, 0.05) is 0 Å². The molecular formula is C9H16O. The van der Waals surface area contributed by atoms with E-state index in [2.05, 4.69) is 19.1 Å². The summed E-state index contributed by atoms with van der Waals surface area (Å²) in [6, 6.07) is 0. The van der Waals surface area contributed by atoms with Gasteiger partial charge in [-0.25, -0.2) is 0 Å². The molecule has 2 unspecified atom stereocenters. The largest absolute Gasteiger partial charge is 0.371 e. The molecule has 10 heavy (non-hydrogen) atoms. The zero-order valence-electron chi connectivity index (χ0n) is 6.84. The average molecular weight is 140 g/mol. The van der Waals surface area contributed by atoms with Crippen molar-refractivity contribution in [1.29, 1.82) is 0 Å². The van der Waals surface area contributed by atoms with Crippen molar-refractivity contribution < 1.29 is 4.74 Å². The van der Waals surface area contributed by atoms with Gasteiger partial charge in [-0.2, -0.15) is 0 Å². The first-order valence-corrected chi connectivity index (χ1v) is 4.11. The summed E-state index contributed by atoms with van der Waals surface area (Å²) in [5.41, 5.74) is 0. The number of ether oxygens (including phenoxy) is 1. The van der Waals surface area contributed by atoms with Crippen LogP contribution in [0.4, 0.5) is 0 Å². The van der Waals surface area contributed by atoms with Crippen LogP contribution < -0.4 is 0 Å². The quantitative estimate of drug-likeness (QED) is 0.508. The van der Waals surface area contributed by atoms with E-state index in [9.17, 15) is 0 Å². The van der Waals surface area contributed by atoms with Crippen LogP contribution in [-0.2, 0) is 4.74 Å². The molecule has 2 atom stereocenters. The normalized spacial score (nSPS) is 35.0. The van der Waals surface area contributed by atoms with Crippen LogP contribution in [0.25, 0.3) is 0 Å². The average Bonchev–Trinajstić information content (AvgIpc) is 1.88. The Morgan fingerprint density at radius 2 is 2.20 bits per heavy atom. The molecule has 1 aliphatic heterocycles. The Morgan fingerprint density at radius 1 is 1.40 bits per heavy atom. The molecule has 0 spiro atoms. The third-order valence-electron chi connectivity index (χ3n) is 1.91. The van der Waals surface area contributed by atoms with Crippen molar-refractivity contribution in [3.05, 3.63) is 12.2 Å². The molecule has 1 saturated heterocycles. The van der Waals surface area contributed by atoms with Crippen molar-refractivity contribution in [3.63, 3.8) is 0 Å². The molecular weight excluding hydrogens is 124 g/mol. The second-order valence-electron chi connectivity index (χ2n) is 2.94. The molecule has 1 heterocycles. The van der Waals surface area contributed by atoms with Crippen LogP contribution in [0.5, 0.6) is 0 Å². The fraction of sp³-hybridized carbons (Fsp3) is 0.778. The van der Waals surface area contributed by atoms with Gasteiger partial charge in [0.15, 0.2) is 0 Å². The molecule has 0 saturated carbocycles. The van der Waals surface area contributed by atoms with Gasteiger partial charge in [-0.15, -0.1) is 0 Å². The van der Waals surface area contributed by atoms with Crippen molar-refractivity contribution in [2.45, 2.75) is 45.3 Å². The monoisotopic (exact) mass is 140 g/mol. The Hall–Kier alpha value is -0.300. The summed E-state index contributed by atoms with van der Waals surface area (Å²) in [6.07, 6.45) is 8.83. The minimum absolute atomic E-state index is 0.397. The van der Waals surface area contributed by atoms with Crippen LogP contribution in [0, 0.1) is 0 Å². The lowest BCUT2D eigenvalue weighted by atomic mass is 10.0. The van der Waals surface area contributed by atoms with E-state index in [4.69, 9.17) is 4.74 Å². The van der Waals surface area contributed by atoms with Gasteiger partial charge >= 0.3 is 0 Å². The molecule has 1 heteroatoms. The van der Waals surface area contributed by atoms with E-state index in [1.165, 1.54) is 19.3 Å². The predicted molar refractivity (Wildman–Crippen MR) is 43.0 cm³/mol. The summed E-state index contributed by atoms with van der Waals surface area (Å²) in [6.45, 7) is 4.19. The van der Waals surface area contributed by atoms with Crippen LogP contribution >= 0.6 is 0 Å². The molecule has 0 aromatic rings. The maximum atomic E-state index is 5.64. The van der Waals surface area contributed by atoms with Crippen molar-refractivity contribution in [1.82, 2.24) is 0 Å². The maximum Gasteiger partial charge on any atom is 0.0759 e. The standard InChI is InChI=1S/C9H16O/c1-3-5-9-7-4-6-8(2)10-9/h3,5,8-9H,4,6-7H2,1-2H3/b5-3+. The van der Waals surface area contributed by atoms with Crippen LogP contribution in [0.1, 0.15) is 33.1 Å². The molecule has 0 aliphatic carbocycles. The van der Waals surface area contributed by atoms with E-state index < -0.39 is 0 Å². The fourth-order valence-electron chi connectivity index (χ4n) is 1.40. The zero-order valence-corrected chi connectivity index (χ0v) is 6.84. The molecule has 58 valence electrons. The molecule has 1 fully saturated rings. The molecule has 0 bridgehead atoms. The third-order valence-corrected chi connectivity index (χ3v) is 1.91. The minimum atomic E-state index is 0.397. The smallest absolute Gasteiger partial charge is 0.0759 e. The molecule has 0 aromatic heterocycles. The zero-order chi connectivity index (χ0) is 7.40. The first-order valence-electron chi connectivity index (χ1n) is 4.11. The lowest BCUT2D eigenvalue weighted by Crippen LogP contribution is -2.23. The Bertz CT molecular complexity index is 118. The van der Waals surface area contributed by atoms with Crippen LogP contribution in [0.15, 0.2) is 12.2 Å². The van der Waals surface area contributed by atoms with Crippen LogP contribution in [0.2, 0.25) is 0 Å². The van der Waals surface area contributed by atoms with E-state index in [1.54, 1.807) is 0 Å². The second-order valence-corrected chi connectivity index (χ2v) is 2.94. The van der Waals surface area contributed by atoms with E-state index in [0.717, 1.165) is 0 Å². The van der Waals surface area contributed by atoms with Gasteiger partial charge in [0.1, 0.15) is 0 Å². The minimum Gasteiger partial charge on any atom is -0.371 e. The van der Waals surface area contributed by atoms with Gasteiger partial charge in [-0.1, -0.05) is 12.2 Å². The Balaban J connectivity index is 2.32. The molecule has 1 rings (SSSR count). The van der Waals surface area contributed by atoms with Gasteiger partial charge in [-0.05, 0) is 33.1 Å². The maximum absolute atomic E-state index is 5.64. The summed E-state index contributed by atoms with van der Waals surface area (Å²) in [5.74, 6) is 0. The second kappa shape index (κ2) is 3.77. The Labute approximate surface area is 63.1 Å². The highest BCUT2D eigenvalue weighted by Crippen LogP contribution is 2.18. The van der Waals surface area contributed by atoms with E-state index in [-0.39, 0.29) is 0 Å². The Kier molecular flexibility index (Phi) is 2.94. The van der Waals surface area contributed by atoms with Gasteiger partial charge in [-0.3, -0.25) is 0 Å². The van der Waals surface area contributed by atoms with Gasteiger partial charge in [0.05, 0.1) is 12.2 Å². The lowest BCUT2D eigenvalue weighted by molar-refractivity contribution is -0.0141. The fourth-order valence-corrected chi connectivity index (χ4v) is 1.40.